The highest BCUT2D eigenvalue weighted by Crippen LogP contribution is 2.38. The van der Waals surface area contributed by atoms with E-state index in [1.165, 1.54) is 6.42 Å². The van der Waals surface area contributed by atoms with Crippen LogP contribution in [-0.2, 0) is 11.3 Å². The van der Waals surface area contributed by atoms with Gasteiger partial charge in [-0.2, -0.15) is 0 Å². The summed E-state index contributed by atoms with van der Waals surface area (Å²) in [5, 5.41) is 7.67. The van der Waals surface area contributed by atoms with Gasteiger partial charge in [-0.1, -0.05) is 0 Å². The molecule has 2 fully saturated rings. The lowest BCUT2D eigenvalue weighted by Crippen LogP contribution is -2.47. The van der Waals surface area contributed by atoms with Crippen molar-refractivity contribution in [3.63, 3.8) is 0 Å². The number of methoxy groups -OCH3 is 1. The van der Waals surface area contributed by atoms with Crippen molar-refractivity contribution in [2.75, 3.05) is 40.3 Å². The molecule has 1 amide bonds. The van der Waals surface area contributed by atoms with Crippen molar-refractivity contribution >= 4 is 5.91 Å². The Morgan fingerprint density at radius 2 is 2.19 bits per heavy atom. The fourth-order valence-electron chi connectivity index (χ4n) is 3.53. The first-order chi connectivity index (χ1) is 10.1. The van der Waals surface area contributed by atoms with Crippen molar-refractivity contribution in [1.82, 2.24) is 20.0 Å². The lowest BCUT2D eigenvalue weighted by Gasteiger charge is -2.39. The van der Waals surface area contributed by atoms with Gasteiger partial charge < -0.3 is 19.0 Å². The van der Waals surface area contributed by atoms with Crippen LogP contribution in [0.4, 0.5) is 0 Å². The van der Waals surface area contributed by atoms with Crippen molar-refractivity contribution in [2.45, 2.75) is 25.9 Å². The fraction of sp³-hybridized carbons (Fsp3) is 0.786. The van der Waals surface area contributed by atoms with Gasteiger partial charge >= 0.3 is 11.8 Å². The van der Waals surface area contributed by atoms with Crippen LogP contribution in [0, 0.1) is 5.41 Å². The average molecular weight is 294 g/mol. The van der Waals surface area contributed by atoms with Gasteiger partial charge in [-0.3, -0.25) is 4.79 Å². The molecule has 3 rings (SSSR count). The molecule has 0 radical (unpaired) electrons. The van der Waals surface area contributed by atoms with Gasteiger partial charge in [0.05, 0.1) is 0 Å². The number of likely N-dealkylation sites (tertiary alicyclic amines) is 2. The molecule has 1 unspecified atom stereocenters. The molecule has 1 aromatic rings. The van der Waals surface area contributed by atoms with Crippen LogP contribution in [0.2, 0.25) is 0 Å². The first kappa shape index (κ1) is 14.5. The van der Waals surface area contributed by atoms with Gasteiger partial charge in [-0.05, 0) is 32.9 Å². The molecule has 2 aliphatic heterocycles. The summed E-state index contributed by atoms with van der Waals surface area (Å²) in [4.78, 5) is 16.7. The van der Waals surface area contributed by atoms with E-state index in [1.54, 1.807) is 7.11 Å². The molecular formula is C14H22N4O3. The number of amides is 1. The van der Waals surface area contributed by atoms with Crippen molar-refractivity contribution in [1.29, 1.82) is 0 Å². The third kappa shape index (κ3) is 2.94. The highest BCUT2D eigenvalue weighted by atomic mass is 16.5. The van der Waals surface area contributed by atoms with Gasteiger partial charge in [0, 0.05) is 32.2 Å². The van der Waals surface area contributed by atoms with Crippen LogP contribution in [0.3, 0.4) is 0 Å². The molecule has 7 nitrogen and oxygen atoms in total. The minimum Gasteiger partial charge on any atom is -0.414 e. The topological polar surface area (TPSA) is 71.7 Å². The van der Waals surface area contributed by atoms with Gasteiger partial charge in [-0.15, -0.1) is 10.2 Å². The standard InChI is InChI=1S/C14H22N4O3/c1-17-7-5-14(9-17)4-3-6-18(10-14)13(19)12-16-15-11(21-12)8-20-2/h3-10H2,1-2H3. The van der Waals surface area contributed by atoms with Crippen LogP contribution in [0.5, 0.6) is 0 Å². The zero-order chi connectivity index (χ0) is 14.9. The van der Waals surface area contributed by atoms with E-state index in [4.69, 9.17) is 9.15 Å². The first-order valence-corrected chi connectivity index (χ1v) is 7.41. The Morgan fingerprint density at radius 3 is 2.90 bits per heavy atom. The van der Waals surface area contributed by atoms with Crippen molar-refractivity contribution in [3.05, 3.63) is 11.8 Å². The number of hydrogen-bond acceptors (Lipinski definition) is 6. The summed E-state index contributed by atoms with van der Waals surface area (Å²) in [6, 6.07) is 0. The van der Waals surface area contributed by atoms with Gasteiger partial charge in [-0.25, -0.2) is 0 Å². The molecule has 0 bridgehead atoms. The molecule has 116 valence electrons. The van der Waals surface area contributed by atoms with E-state index >= 15 is 0 Å². The maximum Gasteiger partial charge on any atom is 0.311 e. The number of carbonyl (C=O) groups is 1. The van der Waals surface area contributed by atoms with Gasteiger partial charge in [0.25, 0.3) is 0 Å². The van der Waals surface area contributed by atoms with Crippen LogP contribution < -0.4 is 0 Å². The van der Waals surface area contributed by atoms with Crippen molar-refractivity contribution < 1.29 is 13.9 Å². The zero-order valence-electron chi connectivity index (χ0n) is 12.7. The van der Waals surface area contributed by atoms with Gasteiger partial charge in [0.1, 0.15) is 6.61 Å². The Morgan fingerprint density at radius 1 is 1.33 bits per heavy atom. The highest BCUT2D eigenvalue weighted by molar-refractivity contribution is 5.89. The molecule has 21 heavy (non-hydrogen) atoms. The molecule has 0 aromatic carbocycles. The summed E-state index contributed by atoms with van der Waals surface area (Å²) in [6.07, 6.45) is 3.39. The van der Waals surface area contributed by atoms with Crippen LogP contribution >= 0.6 is 0 Å². The van der Waals surface area contributed by atoms with E-state index in [2.05, 4.69) is 22.1 Å². The summed E-state index contributed by atoms with van der Waals surface area (Å²) in [6.45, 7) is 3.97. The average Bonchev–Trinajstić information content (AvgIpc) is 3.06. The van der Waals surface area contributed by atoms with Crippen LogP contribution in [0.25, 0.3) is 0 Å². The second-order valence-electron chi connectivity index (χ2n) is 6.25. The summed E-state index contributed by atoms with van der Waals surface area (Å²) >= 11 is 0. The molecule has 2 aliphatic rings. The van der Waals surface area contributed by atoms with Crippen LogP contribution in [0.1, 0.15) is 35.8 Å². The predicted molar refractivity (Wildman–Crippen MR) is 74.7 cm³/mol. The summed E-state index contributed by atoms with van der Waals surface area (Å²) in [5.74, 6) is 0.261. The number of ether oxygens (including phenoxy) is 1. The number of nitrogens with zero attached hydrogens (tertiary/aromatic N) is 4. The molecule has 7 heteroatoms. The number of hydrogen-bond donors (Lipinski definition) is 0. The molecule has 2 saturated heterocycles. The molecular weight excluding hydrogens is 272 g/mol. The molecule has 1 atom stereocenters. The number of aromatic nitrogens is 2. The molecule has 3 heterocycles. The van der Waals surface area contributed by atoms with E-state index in [9.17, 15) is 4.79 Å². The molecule has 0 aliphatic carbocycles. The quantitative estimate of drug-likeness (QED) is 0.820. The Bertz CT molecular complexity index is 514. The minimum atomic E-state index is -0.154. The monoisotopic (exact) mass is 294 g/mol. The summed E-state index contributed by atoms with van der Waals surface area (Å²) in [5.41, 5.74) is 0.248. The van der Waals surface area contributed by atoms with E-state index in [1.807, 2.05) is 4.90 Å². The molecule has 0 saturated carbocycles. The number of rotatable bonds is 3. The number of piperidine rings is 1. The Kier molecular flexibility index (Phi) is 3.95. The second kappa shape index (κ2) is 5.73. The zero-order valence-corrected chi connectivity index (χ0v) is 12.7. The van der Waals surface area contributed by atoms with Gasteiger partial charge in [0.2, 0.25) is 5.89 Å². The summed E-state index contributed by atoms with van der Waals surface area (Å²) < 4.78 is 10.3. The Hall–Kier alpha value is -1.47. The SMILES string of the molecule is COCc1nnc(C(=O)N2CCCC3(CCN(C)C3)C2)o1. The van der Waals surface area contributed by atoms with Crippen molar-refractivity contribution in [3.8, 4) is 0 Å². The number of carbonyl (C=O) groups excluding carboxylic acids is 1. The largest absolute Gasteiger partial charge is 0.414 e. The van der Waals surface area contributed by atoms with E-state index < -0.39 is 0 Å². The van der Waals surface area contributed by atoms with Gasteiger partial charge in [0.15, 0.2) is 0 Å². The minimum absolute atomic E-state index is 0.0745. The molecule has 1 spiro atoms. The smallest absolute Gasteiger partial charge is 0.311 e. The maximum absolute atomic E-state index is 12.5. The normalized spacial score (nSPS) is 26.7. The second-order valence-corrected chi connectivity index (χ2v) is 6.25. The van der Waals surface area contributed by atoms with E-state index in [0.717, 1.165) is 39.0 Å². The highest BCUT2D eigenvalue weighted by Gasteiger charge is 2.42. The van der Waals surface area contributed by atoms with Crippen LogP contribution in [-0.4, -0.2) is 66.2 Å². The third-order valence-electron chi connectivity index (χ3n) is 4.50. The van der Waals surface area contributed by atoms with Crippen LogP contribution in [0.15, 0.2) is 4.42 Å². The Labute approximate surface area is 124 Å². The predicted octanol–water partition coefficient (Wildman–Crippen LogP) is 0.774. The molecule has 0 N–H and O–H groups in total. The first-order valence-electron chi connectivity index (χ1n) is 7.41. The van der Waals surface area contributed by atoms with Crippen molar-refractivity contribution in [2.24, 2.45) is 5.41 Å². The van der Waals surface area contributed by atoms with E-state index in [-0.39, 0.29) is 23.8 Å². The fourth-order valence-corrected chi connectivity index (χ4v) is 3.53. The lowest BCUT2D eigenvalue weighted by atomic mass is 9.79. The molecule has 1 aromatic heterocycles. The lowest BCUT2D eigenvalue weighted by molar-refractivity contribution is 0.0492. The summed E-state index contributed by atoms with van der Waals surface area (Å²) in [7, 11) is 3.70. The van der Waals surface area contributed by atoms with E-state index in [0.29, 0.717) is 5.89 Å². The maximum atomic E-state index is 12.5. The Balaban J connectivity index is 1.69. The third-order valence-corrected chi connectivity index (χ3v) is 4.50.